The molecular formula is C7H19N3O. The molecule has 4 heteroatoms. The molecule has 0 aliphatic rings. The van der Waals surface area contributed by atoms with Crippen molar-refractivity contribution in [2.45, 2.75) is 0 Å². The summed E-state index contributed by atoms with van der Waals surface area (Å²) in [5.41, 5.74) is 5.26. The van der Waals surface area contributed by atoms with Gasteiger partial charge in [0.05, 0.1) is 6.61 Å². The fourth-order valence-corrected chi connectivity index (χ4v) is 0.731. The smallest absolute Gasteiger partial charge is 0.0589 e. The van der Waals surface area contributed by atoms with Crippen molar-refractivity contribution in [2.24, 2.45) is 5.73 Å². The summed E-state index contributed by atoms with van der Waals surface area (Å²) in [7, 11) is 3.78. The number of nitrogens with two attached hydrogens (primary N) is 1. The van der Waals surface area contributed by atoms with Gasteiger partial charge in [-0.2, -0.15) is 0 Å². The minimum Gasteiger partial charge on any atom is -0.383 e. The van der Waals surface area contributed by atoms with Crippen LogP contribution < -0.4 is 11.1 Å². The van der Waals surface area contributed by atoms with Crippen molar-refractivity contribution in [1.29, 1.82) is 0 Å². The molecule has 0 aromatic carbocycles. The zero-order chi connectivity index (χ0) is 8.53. The summed E-state index contributed by atoms with van der Waals surface area (Å²) in [6.07, 6.45) is 0. The molecule has 0 aliphatic heterocycles. The van der Waals surface area contributed by atoms with Crippen molar-refractivity contribution in [3.05, 3.63) is 0 Å². The molecule has 0 aliphatic carbocycles. The maximum atomic E-state index is 5.26. The first-order valence-electron chi connectivity index (χ1n) is 3.89. The van der Waals surface area contributed by atoms with E-state index in [1.165, 1.54) is 0 Å². The molecule has 0 radical (unpaired) electrons. The van der Waals surface area contributed by atoms with Crippen LogP contribution in [0.4, 0.5) is 0 Å². The lowest BCUT2D eigenvalue weighted by Crippen LogP contribution is -2.33. The summed E-state index contributed by atoms with van der Waals surface area (Å²) in [6.45, 7) is 4.28. The number of hydrogen-bond acceptors (Lipinski definition) is 4. The minimum atomic E-state index is 0.554. The molecule has 0 rings (SSSR count). The fourth-order valence-electron chi connectivity index (χ4n) is 0.731. The predicted molar refractivity (Wildman–Crippen MR) is 46.4 cm³/mol. The van der Waals surface area contributed by atoms with Gasteiger partial charge in [-0.1, -0.05) is 0 Å². The van der Waals surface area contributed by atoms with E-state index in [0.29, 0.717) is 6.67 Å². The van der Waals surface area contributed by atoms with Crippen molar-refractivity contribution in [1.82, 2.24) is 10.2 Å². The van der Waals surface area contributed by atoms with Crippen molar-refractivity contribution >= 4 is 0 Å². The number of likely N-dealkylation sites (N-methyl/N-ethyl adjacent to an activating group) is 1. The standard InChI is InChI=1S/C7H19N3O/c1-10(5-6-11-2)4-3-9-7-8/h9H,3-8H2,1-2H3. The number of nitrogens with one attached hydrogen (secondary N) is 1. The Bertz CT molecular complexity index is 80.1. The van der Waals surface area contributed by atoms with Gasteiger partial charge in [0.25, 0.3) is 0 Å². The van der Waals surface area contributed by atoms with Crippen LogP contribution in [-0.2, 0) is 4.74 Å². The third-order valence-electron chi connectivity index (χ3n) is 1.49. The molecule has 68 valence electrons. The number of methoxy groups -OCH3 is 1. The molecule has 0 atom stereocenters. The van der Waals surface area contributed by atoms with Crippen LogP contribution in [0.25, 0.3) is 0 Å². The molecular weight excluding hydrogens is 142 g/mol. The van der Waals surface area contributed by atoms with E-state index in [9.17, 15) is 0 Å². The second-order valence-corrected chi connectivity index (χ2v) is 2.50. The molecule has 0 fully saturated rings. The number of ether oxygens (including phenoxy) is 1. The lowest BCUT2D eigenvalue weighted by molar-refractivity contribution is 0.161. The van der Waals surface area contributed by atoms with Gasteiger partial charge in [0.15, 0.2) is 0 Å². The first kappa shape index (κ1) is 10.8. The van der Waals surface area contributed by atoms with Crippen molar-refractivity contribution in [3.8, 4) is 0 Å². The number of hydrogen-bond donors (Lipinski definition) is 2. The Morgan fingerprint density at radius 2 is 2.18 bits per heavy atom. The zero-order valence-electron chi connectivity index (χ0n) is 7.47. The molecule has 0 aromatic heterocycles. The van der Waals surface area contributed by atoms with Gasteiger partial charge in [-0.05, 0) is 7.05 Å². The van der Waals surface area contributed by atoms with Crippen molar-refractivity contribution in [2.75, 3.05) is 47.1 Å². The molecule has 0 spiro atoms. The predicted octanol–water partition coefficient (Wildman–Crippen LogP) is -0.930. The summed E-state index contributed by atoms with van der Waals surface area (Å²) < 4.78 is 4.93. The van der Waals surface area contributed by atoms with Crippen LogP contribution in [0.3, 0.4) is 0 Å². The van der Waals surface area contributed by atoms with Gasteiger partial charge in [0, 0.05) is 33.4 Å². The van der Waals surface area contributed by atoms with Gasteiger partial charge in [0.2, 0.25) is 0 Å². The van der Waals surface area contributed by atoms with Gasteiger partial charge in [-0.3, -0.25) is 0 Å². The zero-order valence-corrected chi connectivity index (χ0v) is 7.47. The number of nitrogens with zero attached hydrogens (tertiary/aromatic N) is 1. The molecule has 0 aromatic rings. The second-order valence-electron chi connectivity index (χ2n) is 2.50. The lowest BCUT2D eigenvalue weighted by atomic mass is 10.5. The van der Waals surface area contributed by atoms with Crippen LogP contribution in [0.5, 0.6) is 0 Å². The quantitative estimate of drug-likeness (QED) is 0.374. The van der Waals surface area contributed by atoms with Gasteiger partial charge < -0.3 is 20.7 Å². The Hall–Kier alpha value is -0.160. The molecule has 0 heterocycles. The SMILES string of the molecule is COCCN(C)CCNCN. The van der Waals surface area contributed by atoms with E-state index >= 15 is 0 Å². The van der Waals surface area contributed by atoms with Crippen LogP contribution in [0.1, 0.15) is 0 Å². The van der Waals surface area contributed by atoms with E-state index in [0.717, 1.165) is 26.2 Å². The van der Waals surface area contributed by atoms with Gasteiger partial charge in [0.1, 0.15) is 0 Å². The van der Waals surface area contributed by atoms with Gasteiger partial charge in [-0.15, -0.1) is 0 Å². The average Bonchev–Trinajstić information content (AvgIpc) is 2.01. The van der Waals surface area contributed by atoms with Crippen LogP contribution in [0.2, 0.25) is 0 Å². The largest absolute Gasteiger partial charge is 0.383 e. The fraction of sp³-hybridized carbons (Fsp3) is 1.00. The van der Waals surface area contributed by atoms with E-state index in [2.05, 4.69) is 17.3 Å². The molecule has 4 nitrogen and oxygen atoms in total. The van der Waals surface area contributed by atoms with Crippen molar-refractivity contribution in [3.63, 3.8) is 0 Å². The minimum absolute atomic E-state index is 0.554. The summed E-state index contributed by atoms with van der Waals surface area (Å²) >= 11 is 0. The van der Waals surface area contributed by atoms with E-state index < -0.39 is 0 Å². The normalized spacial score (nSPS) is 10.9. The molecule has 0 bridgehead atoms. The average molecular weight is 161 g/mol. The van der Waals surface area contributed by atoms with Crippen LogP contribution >= 0.6 is 0 Å². The highest BCUT2D eigenvalue weighted by Crippen LogP contribution is 1.79. The van der Waals surface area contributed by atoms with E-state index in [-0.39, 0.29) is 0 Å². The highest BCUT2D eigenvalue weighted by atomic mass is 16.5. The third kappa shape index (κ3) is 7.74. The summed E-state index contributed by atoms with van der Waals surface area (Å²) in [4.78, 5) is 2.20. The van der Waals surface area contributed by atoms with E-state index in [1.807, 2.05) is 0 Å². The van der Waals surface area contributed by atoms with Gasteiger partial charge in [-0.25, -0.2) is 0 Å². The van der Waals surface area contributed by atoms with E-state index in [1.54, 1.807) is 7.11 Å². The van der Waals surface area contributed by atoms with Crippen LogP contribution in [0.15, 0.2) is 0 Å². The summed E-state index contributed by atoms with van der Waals surface area (Å²) in [5, 5.41) is 3.05. The first-order valence-corrected chi connectivity index (χ1v) is 3.89. The highest BCUT2D eigenvalue weighted by Gasteiger charge is 1.94. The molecule has 0 amide bonds. The third-order valence-corrected chi connectivity index (χ3v) is 1.49. The van der Waals surface area contributed by atoms with E-state index in [4.69, 9.17) is 10.5 Å². The highest BCUT2D eigenvalue weighted by molar-refractivity contribution is 4.52. The first-order chi connectivity index (χ1) is 5.31. The molecule has 3 N–H and O–H groups in total. The van der Waals surface area contributed by atoms with Crippen molar-refractivity contribution < 1.29 is 4.74 Å². The molecule has 0 saturated carbocycles. The molecule has 0 unspecified atom stereocenters. The molecule has 11 heavy (non-hydrogen) atoms. The Morgan fingerprint density at radius 1 is 1.45 bits per heavy atom. The Kier molecular flexibility index (Phi) is 7.83. The van der Waals surface area contributed by atoms with Crippen LogP contribution in [0, 0.1) is 0 Å². The maximum Gasteiger partial charge on any atom is 0.0589 e. The maximum absolute atomic E-state index is 5.26. The summed E-state index contributed by atoms with van der Waals surface area (Å²) in [5.74, 6) is 0. The number of rotatable bonds is 7. The Balaban J connectivity index is 3.02. The summed E-state index contributed by atoms with van der Waals surface area (Å²) in [6, 6.07) is 0. The lowest BCUT2D eigenvalue weighted by Gasteiger charge is -2.15. The monoisotopic (exact) mass is 161 g/mol. The molecule has 0 saturated heterocycles. The topological polar surface area (TPSA) is 50.5 Å². The Labute approximate surface area is 68.7 Å². The second kappa shape index (κ2) is 7.94. The van der Waals surface area contributed by atoms with Gasteiger partial charge >= 0.3 is 0 Å². The van der Waals surface area contributed by atoms with Crippen LogP contribution in [-0.4, -0.2) is 52.0 Å². The Morgan fingerprint density at radius 3 is 2.73 bits per heavy atom.